The highest BCUT2D eigenvalue weighted by Gasteiger charge is 2.08. The van der Waals surface area contributed by atoms with E-state index in [4.69, 9.17) is 23.2 Å². The highest BCUT2D eigenvalue weighted by molar-refractivity contribution is 9.10. The van der Waals surface area contributed by atoms with Crippen LogP contribution >= 0.6 is 39.1 Å². The standard InChI is InChI=1S/C11H9BrCl2N4/c1-2-6-5-7(12)3-4-8(6)15-10-9(13)17-18-11(14)16-10/h3-5H,2H2,1H3,(H,15,16,18). The molecule has 1 heterocycles. The fourth-order valence-electron chi connectivity index (χ4n) is 1.48. The minimum atomic E-state index is 0.0528. The van der Waals surface area contributed by atoms with Gasteiger partial charge in [-0.1, -0.05) is 34.5 Å². The van der Waals surface area contributed by atoms with Crippen LogP contribution in [0, 0.1) is 0 Å². The fraction of sp³-hybridized carbons (Fsp3) is 0.182. The molecule has 0 unspecified atom stereocenters. The van der Waals surface area contributed by atoms with Gasteiger partial charge >= 0.3 is 0 Å². The number of hydrogen-bond acceptors (Lipinski definition) is 4. The van der Waals surface area contributed by atoms with Gasteiger partial charge in [0.1, 0.15) is 0 Å². The van der Waals surface area contributed by atoms with Crippen LogP contribution in [0.15, 0.2) is 22.7 Å². The second-order valence-corrected chi connectivity index (χ2v) is 5.11. The minimum Gasteiger partial charge on any atom is -0.337 e. The second kappa shape index (κ2) is 5.82. The first-order valence-electron chi connectivity index (χ1n) is 5.21. The summed E-state index contributed by atoms with van der Waals surface area (Å²) >= 11 is 15.0. The molecule has 0 fully saturated rings. The van der Waals surface area contributed by atoms with E-state index in [-0.39, 0.29) is 10.4 Å². The molecule has 4 nitrogen and oxygen atoms in total. The van der Waals surface area contributed by atoms with Crippen LogP contribution in [0.4, 0.5) is 11.5 Å². The van der Waals surface area contributed by atoms with E-state index in [2.05, 4.69) is 43.4 Å². The predicted octanol–water partition coefficient (Wildman–Crippen LogP) is 4.25. The Morgan fingerprint density at radius 2 is 2.06 bits per heavy atom. The van der Waals surface area contributed by atoms with Gasteiger partial charge in [-0.2, -0.15) is 4.98 Å². The zero-order valence-electron chi connectivity index (χ0n) is 9.41. The van der Waals surface area contributed by atoms with Gasteiger partial charge in [-0.05, 0) is 41.8 Å². The van der Waals surface area contributed by atoms with Crippen LogP contribution in [0.2, 0.25) is 10.4 Å². The summed E-state index contributed by atoms with van der Waals surface area (Å²) in [5, 5.41) is 10.6. The molecule has 0 saturated heterocycles. The zero-order valence-corrected chi connectivity index (χ0v) is 12.5. The lowest BCUT2D eigenvalue weighted by molar-refractivity contribution is 0.974. The van der Waals surface area contributed by atoms with Crippen molar-refractivity contribution in [2.45, 2.75) is 13.3 Å². The maximum Gasteiger partial charge on any atom is 0.245 e. The van der Waals surface area contributed by atoms with Crippen LogP contribution in [-0.2, 0) is 6.42 Å². The van der Waals surface area contributed by atoms with Gasteiger partial charge in [-0.15, -0.1) is 10.2 Å². The van der Waals surface area contributed by atoms with E-state index >= 15 is 0 Å². The summed E-state index contributed by atoms with van der Waals surface area (Å²) in [6.45, 7) is 2.07. The van der Waals surface area contributed by atoms with Gasteiger partial charge in [0.05, 0.1) is 0 Å². The normalized spacial score (nSPS) is 10.4. The topological polar surface area (TPSA) is 50.7 Å². The number of hydrogen-bond donors (Lipinski definition) is 1. The van der Waals surface area contributed by atoms with Crippen LogP contribution in [0.1, 0.15) is 12.5 Å². The minimum absolute atomic E-state index is 0.0528. The summed E-state index contributed by atoms with van der Waals surface area (Å²) in [5.74, 6) is 0.397. The van der Waals surface area contributed by atoms with E-state index in [1.54, 1.807) is 0 Å². The first-order valence-corrected chi connectivity index (χ1v) is 6.76. The molecule has 18 heavy (non-hydrogen) atoms. The number of nitrogens with zero attached hydrogens (tertiary/aromatic N) is 3. The second-order valence-electron chi connectivity index (χ2n) is 3.50. The van der Waals surface area contributed by atoms with Crippen LogP contribution in [0.25, 0.3) is 0 Å². The third kappa shape index (κ3) is 3.10. The summed E-state index contributed by atoms with van der Waals surface area (Å²) in [6, 6.07) is 5.91. The summed E-state index contributed by atoms with van der Waals surface area (Å²) in [4.78, 5) is 4.00. The quantitative estimate of drug-likeness (QED) is 0.901. The van der Waals surface area contributed by atoms with E-state index in [0.717, 1.165) is 22.1 Å². The number of rotatable bonds is 3. The molecule has 1 aromatic heterocycles. The van der Waals surface area contributed by atoms with Crippen LogP contribution in [0.3, 0.4) is 0 Å². The Labute approximate surface area is 123 Å². The van der Waals surface area contributed by atoms with Gasteiger partial charge < -0.3 is 5.32 Å². The van der Waals surface area contributed by atoms with Crippen molar-refractivity contribution in [1.29, 1.82) is 0 Å². The molecule has 0 aliphatic rings. The highest BCUT2D eigenvalue weighted by Crippen LogP contribution is 2.27. The molecule has 0 spiro atoms. The first kappa shape index (κ1) is 13.5. The molecule has 7 heteroatoms. The lowest BCUT2D eigenvalue weighted by Crippen LogP contribution is -2.01. The molecule has 0 bridgehead atoms. The third-order valence-electron chi connectivity index (χ3n) is 2.32. The Bertz CT molecular complexity index is 577. The maximum atomic E-state index is 5.91. The van der Waals surface area contributed by atoms with E-state index in [1.807, 2.05) is 18.2 Å². The number of nitrogens with one attached hydrogen (secondary N) is 1. The Balaban J connectivity index is 2.36. The smallest absolute Gasteiger partial charge is 0.245 e. The molecule has 0 saturated carbocycles. The number of aromatic nitrogens is 3. The number of halogens is 3. The summed E-state index contributed by atoms with van der Waals surface area (Å²) in [7, 11) is 0. The summed E-state index contributed by atoms with van der Waals surface area (Å²) in [6.07, 6.45) is 0.881. The molecule has 0 amide bonds. The molecule has 2 aromatic rings. The average molecular weight is 348 g/mol. The molecule has 0 aliphatic carbocycles. The van der Waals surface area contributed by atoms with Crippen LogP contribution < -0.4 is 5.32 Å². The maximum absolute atomic E-state index is 5.91. The zero-order chi connectivity index (χ0) is 13.1. The lowest BCUT2D eigenvalue weighted by Gasteiger charge is -2.11. The number of benzene rings is 1. The van der Waals surface area contributed by atoms with Gasteiger partial charge in [0.15, 0.2) is 11.0 Å². The summed E-state index contributed by atoms with van der Waals surface area (Å²) < 4.78 is 1.02. The molecule has 0 atom stereocenters. The monoisotopic (exact) mass is 346 g/mol. The van der Waals surface area contributed by atoms with E-state index < -0.39 is 0 Å². The Morgan fingerprint density at radius 3 is 2.78 bits per heavy atom. The number of aryl methyl sites for hydroxylation is 1. The fourth-order valence-corrected chi connectivity index (χ4v) is 2.14. The van der Waals surface area contributed by atoms with Crippen molar-refractivity contribution in [2.75, 3.05) is 5.32 Å². The van der Waals surface area contributed by atoms with Gasteiger partial charge in [-0.3, -0.25) is 0 Å². The average Bonchev–Trinajstić information content (AvgIpc) is 2.36. The molecule has 2 rings (SSSR count). The van der Waals surface area contributed by atoms with Crippen molar-refractivity contribution >= 4 is 50.6 Å². The van der Waals surface area contributed by atoms with Gasteiger partial charge in [0.2, 0.25) is 5.28 Å². The van der Waals surface area contributed by atoms with Crippen molar-refractivity contribution in [2.24, 2.45) is 0 Å². The Hall–Kier alpha value is -0.910. The summed E-state index contributed by atoms with van der Waals surface area (Å²) in [5.41, 5.74) is 2.05. The van der Waals surface area contributed by atoms with Crippen molar-refractivity contribution < 1.29 is 0 Å². The van der Waals surface area contributed by atoms with Crippen LogP contribution in [-0.4, -0.2) is 15.2 Å². The Kier molecular flexibility index (Phi) is 4.37. The van der Waals surface area contributed by atoms with Crippen molar-refractivity contribution in [3.63, 3.8) is 0 Å². The molecule has 94 valence electrons. The van der Waals surface area contributed by atoms with Gasteiger partial charge in [-0.25, -0.2) is 0 Å². The van der Waals surface area contributed by atoms with E-state index in [9.17, 15) is 0 Å². The predicted molar refractivity (Wildman–Crippen MR) is 76.6 cm³/mol. The Morgan fingerprint density at radius 1 is 1.28 bits per heavy atom. The van der Waals surface area contributed by atoms with Crippen molar-refractivity contribution in [1.82, 2.24) is 15.2 Å². The molecular formula is C11H9BrCl2N4. The number of anilines is 2. The molecular weight excluding hydrogens is 339 g/mol. The molecule has 1 N–H and O–H groups in total. The van der Waals surface area contributed by atoms with Crippen molar-refractivity contribution in [3.05, 3.63) is 38.7 Å². The van der Waals surface area contributed by atoms with E-state index in [0.29, 0.717) is 5.82 Å². The van der Waals surface area contributed by atoms with Gasteiger partial charge in [0.25, 0.3) is 0 Å². The molecule has 0 radical (unpaired) electrons. The lowest BCUT2D eigenvalue weighted by atomic mass is 10.1. The SMILES string of the molecule is CCc1cc(Br)ccc1Nc1nc(Cl)nnc1Cl. The van der Waals surface area contributed by atoms with Crippen molar-refractivity contribution in [3.8, 4) is 0 Å². The largest absolute Gasteiger partial charge is 0.337 e. The van der Waals surface area contributed by atoms with Crippen LogP contribution in [0.5, 0.6) is 0 Å². The van der Waals surface area contributed by atoms with E-state index in [1.165, 1.54) is 0 Å². The van der Waals surface area contributed by atoms with Gasteiger partial charge in [0, 0.05) is 10.2 Å². The molecule has 0 aliphatic heterocycles. The first-order chi connectivity index (χ1) is 8.60. The molecule has 1 aromatic carbocycles. The highest BCUT2D eigenvalue weighted by atomic mass is 79.9. The third-order valence-corrected chi connectivity index (χ3v) is 3.23.